The molecule has 0 N–H and O–H groups in total. The van der Waals surface area contributed by atoms with E-state index in [4.69, 9.17) is 4.74 Å². The van der Waals surface area contributed by atoms with E-state index in [1.807, 2.05) is 0 Å². The van der Waals surface area contributed by atoms with Gasteiger partial charge in [0.05, 0.1) is 12.8 Å². The van der Waals surface area contributed by atoms with Crippen molar-refractivity contribution in [1.29, 1.82) is 0 Å². The maximum atomic E-state index is 13.7. The van der Waals surface area contributed by atoms with Gasteiger partial charge >= 0.3 is 0 Å². The predicted molar refractivity (Wildman–Crippen MR) is 84.2 cm³/mol. The van der Waals surface area contributed by atoms with Crippen molar-refractivity contribution >= 4 is 0 Å². The zero-order chi connectivity index (χ0) is 15.9. The predicted octanol–water partition coefficient (Wildman–Crippen LogP) is 4.34. The summed E-state index contributed by atoms with van der Waals surface area (Å²) in [5, 5.41) is 0. The first-order valence-electron chi connectivity index (χ1n) is 8.98. The summed E-state index contributed by atoms with van der Waals surface area (Å²) in [5.41, 5.74) is 0.351. The number of nitrogens with zero attached hydrogens (tertiary/aromatic N) is 1. The van der Waals surface area contributed by atoms with Crippen molar-refractivity contribution in [2.24, 2.45) is 17.3 Å². The van der Waals surface area contributed by atoms with Crippen LogP contribution in [-0.4, -0.2) is 42.7 Å². The highest BCUT2D eigenvalue weighted by atomic mass is 19.2. The molecule has 2 aliphatic carbocycles. The molecule has 4 heteroatoms. The van der Waals surface area contributed by atoms with E-state index in [0.717, 1.165) is 25.3 Å². The Morgan fingerprint density at radius 2 is 1.73 bits per heavy atom. The van der Waals surface area contributed by atoms with Crippen molar-refractivity contribution in [2.45, 2.75) is 83.8 Å². The molecule has 6 atom stereocenters. The molecule has 3 aliphatic rings. The Hall–Kier alpha value is -0.220. The molecule has 3 rings (SSSR count). The summed E-state index contributed by atoms with van der Waals surface area (Å²) in [7, 11) is 0. The van der Waals surface area contributed by atoms with Crippen molar-refractivity contribution in [3.05, 3.63) is 0 Å². The molecule has 1 heterocycles. The molecule has 2 nitrogen and oxygen atoms in total. The number of hydrogen-bond donors (Lipinski definition) is 0. The van der Waals surface area contributed by atoms with Gasteiger partial charge < -0.3 is 4.74 Å². The maximum Gasteiger partial charge on any atom is 0.133 e. The molecule has 0 aromatic carbocycles. The van der Waals surface area contributed by atoms with Crippen molar-refractivity contribution < 1.29 is 13.5 Å². The molecule has 3 fully saturated rings. The lowest BCUT2D eigenvalue weighted by Crippen LogP contribution is -2.53. The number of rotatable bonds is 1. The Kier molecular flexibility index (Phi) is 4.80. The lowest BCUT2D eigenvalue weighted by atomic mass is 9.67. The van der Waals surface area contributed by atoms with Crippen LogP contribution in [0.2, 0.25) is 0 Å². The highest BCUT2D eigenvalue weighted by Gasteiger charge is 2.42. The Bertz CT molecular complexity index is 384. The van der Waals surface area contributed by atoms with Gasteiger partial charge in [0, 0.05) is 12.6 Å². The van der Waals surface area contributed by atoms with Crippen LogP contribution in [0.1, 0.15) is 59.3 Å². The minimum absolute atomic E-state index is 0.165. The molecule has 0 aromatic heterocycles. The number of alkyl halides is 2. The van der Waals surface area contributed by atoms with Gasteiger partial charge in [-0.25, -0.2) is 8.78 Å². The van der Waals surface area contributed by atoms with Gasteiger partial charge in [-0.15, -0.1) is 0 Å². The molecular formula is C18H31F2NO. The first-order chi connectivity index (χ1) is 10.3. The molecule has 0 spiro atoms. The van der Waals surface area contributed by atoms with Gasteiger partial charge in [-0.05, 0) is 55.8 Å². The fraction of sp³-hybridized carbons (Fsp3) is 1.00. The maximum absolute atomic E-state index is 13.7. The van der Waals surface area contributed by atoms with Crippen LogP contribution in [0.4, 0.5) is 8.78 Å². The van der Waals surface area contributed by atoms with Crippen LogP contribution in [0, 0.1) is 17.3 Å². The SMILES string of the molecule is CC(C)(C)C1CCC2OCN(C3CCC(F)C(F)C3)CC2C1. The summed E-state index contributed by atoms with van der Waals surface area (Å²) in [6, 6.07) is 0.165. The van der Waals surface area contributed by atoms with E-state index < -0.39 is 12.3 Å². The van der Waals surface area contributed by atoms with Crippen molar-refractivity contribution in [1.82, 2.24) is 4.90 Å². The van der Waals surface area contributed by atoms with E-state index in [1.54, 1.807) is 0 Å². The van der Waals surface area contributed by atoms with Gasteiger partial charge in [-0.2, -0.15) is 0 Å². The smallest absolute Gasteiger partial charge is 0.133 e. The average molecular weight is 315 g/mol. The van der Waals surface area contributed by atoms with Crippen LogP contribution < -0.4 is 0 Å². The number of fused-ring (bicyclic) bond motifs is 1. The second-order valence-electron chi connectivity index (χ2n) is 8.74. The van der Waals surface area contributed by atoms with Crippen LogP contribution in [0.3, 0.4) is 0 Å². The highest BCUT2D eigenvalue weighted by molar-refractivity contribution is 4.92. The third-order valence-electron chi connectivity index (χ3n) is 6.24. The van der Waals surface area contributed by atoms with Gasteiger partial charge in [0.25, 0.3) is 0 Å². The third kappa shape index (κ3) is 3.48. The van der Waals surface area contributed by atoms with Crippen molar-refractivity contribution in [3.8, 4) is 0 Å². The van der Waals surface area contributed by atoms with E-state index in [9.17, 15) is 8.78 Å². The van der Waals surface area contributed by atoms with Crippen molar-refractivity contribution in [2.75, 3.05) is 13.3 Å². The van der Waals surface area contributed by atoms with Gasteiger partial charge in [0.15, 0.2) is 0 Å². The molecule has 6 unspecified atom stereocenters. The molecule has 1 saturated heterocycles. The zero-order valence-electron chi connectivity index (χ0n) is 14.2. The molecule has 128 valence electrons. The minimum atomic E-state index is -1.29. The van der Waals surface area contributed by atoms with E-state index in [0.29, 0.717) is 37.0 Å². The monoisotopic (exact) mass is 315 g/mol. The number of halogens is 2. The quantitative estimate of drug-likeness (QED) is 0.714. The minimum Gasteiger partial charge on any atom is -0.363 e. The summed E-state index contributed by atoms with van der Waals surface area (Å²) in [5.74, 6) is 1.31. The van der Waals surface area contributed by atoms with Crippen LogP contribution in [0.15, 0.2) is 0 Å². The van der Waals surface area contributed by atoms with Gasteiger partial charge in [-0.1, -0.05) is 20.8 Å². The average Bonchev–Trinajstić information content (AvgIpc) is 2.48. The second kappa shape index (κ2) is 6.35. The number of hydrogen-bond acceptors (Lipinski definition) is 2. The van der Waals surface area contributed by atoms with Crippen LogP contribution in [0.5, 0.6) is 0 Å². The standard InChI is InChI=1S/C18H31F2NO/c1-18(2,3)13-4-7-17-12(8-13)10-21(11-22-17)14-5-6-15(19)16(20)9-14/h12-17H,4-11H2,1-3H3. The molecule has 0 amide bonds. The summed E-state index contributed by atoms with van der Waals surface area (Å²) < 4.78 is 33.1. The summed E-state index contributed by atoms with van der Waals surface area (Å²) in [6.07, 6.45) is 2.93. The molecule has 0 bridgehead atoms. The molecule has 2 saturated carbocycles. The summed E-state index contributed by atoms with van der Waals surface area (Å²) >= 11 is 0. The normalized spacial score (nSPS) is 44.6. The molecular weight excluding hydrogens is 284 g/mol. The van der Waals surface area contributed by atoms with E-state index in [2.05, 4.69) is 25.7 Å². The van der Waals surface area contributed by atoms with E-state index in [-0.39, 0.29) is 6.04 Å². The Balaban J connectivity index is 1.59. The zero-order valence-corrected chi connectivity index (χ0v) is 14.2. The topological polar surface area (TPSA) is 12.5 Å². The first kappa shape index (κ1) is 16.6. The second-order valence-corrected chi connectivity index (χ2v) is 8.74. The third-order valence-corrected chi connectivity index (χ3v) is 6.24. The van der Waals surface area contributed by atoms with Crippen LogP contribution in [0.25, 0.3) is 0 Å². The Labute approximate surface area is 133 Å². The first-order valence-corrected chi connectivity index (χ1v) is 8.98. The number of ether oxygens (including phenoxy) is 1. The molecule has 0 aromatic rings. The van der Waals surface area contributed by atoms with Gasteiger partial charge in [0.2, 0.25) is 0 Å². The molecule has 1 aliphatic heterocycles. The van der Waals surface area contributed by atoms with E-state index >= 15 is 0 Å². The van der Waals surface area contributed by atoms with Crippen LogP contribution in [-0.2, 0) is 4.74 Å². The summed E-state index contributed by atoms with van der Waals surface area (Å²) in [4.78, 5) is 2.28. The fourth-order valence-electron chi connectivity index (χ4n) is 4.62. The van der Waals surface area contributed by atoms with Crippen molar-refractivity contribution in [3.63, 3.8) is 0 Å². The van der Waals surface area contributed by atoms with Gasteiger partial charge in [-0.3, -0.25) is 4.90 Å². The fourth-order valence-corrected chi connectivity index (χ4v) is 4.62. The largest absolute Gasteiger partial charge is 0.363 e. The Morgan fingerprint density at radius 1 is 0.955 bits per heavy atom. The summed E-state index contributed by atoms with van der Waals surface area (Å²) in [6.45, 7) is 8.60. The van der Waals surface area contributed by atoms with Crippen LogP contribution >= 0.6 is 0 Å². The van der Waals surface area contributed by atoms with E-state index in [1.165, 1.54) is 12.8 Å². The highest BCUT2D eigenvalue weighted by Crippen LogP contribution is 2.43. The lowest BCUT2D eigenvalue weighted by Gasteiger charge is -2.49. The lowest BCUT2D eigenvalue weighted by molar-refractivity contribution is -0.148. The molecule has 22 heavy (non-hydrogen) atoms. The molecule has 0 radical (unpaired) electrons. The Morgan fingerprint density at radius 3 is 2.41 bits per heavy atom. The van der Waals surface area contributed by atoms with Gasteiger partial charge in [0.1, 0.15) is 12.3 Å².